The minimum Gasteiger partial charge on any atom is -0.379 e. The summed E-state index contributed by atoms with van der Waals surface area (Å²) in [5.74, 6) is -0.340. The van der Waals surface area contributed by atoms with Gasteiger partial charge >= 0.3 is 0 Å². The molecule has 2 unspecified atom stereocenters. The van der Waals surface area contributed by atoms with Gasteiger partial charge in [0.15, 0.2) is 0 Å². The fourth-order valence-electron chi connectivity index (χ4n) is 2.30. The minimum absolute atomic E-state index is 0.216. The molecular weight excluding hydrogens is 204 g/mol. The Balaban J connectivity index is 2.66. The number of rotatable bonds is 5. The second-order valence-electron chi connectivity index (χ2n) is 4.92. The van der Waals surface area contributed by atoms with E-state index in [0.717, 1.165) is 12.8 Å². The van der Waals surface area contributed by atoms with Crippen molar-refractivity contribution >= 4 is 5.91 Å². The third-order valence-corrected chi connectivity index (χ3v) is 3.79. The minimum atomic E-state index is -0.767. The number of nitrogens with one attached hydrogen (secondary N) is 1. The molecule has 0 spiro atoms. The van der Waals surface area contributed by atoms with Crippen molar-refractivity contribution in [3.8, 4) is 0 Å². The highest BCUT2D eigenvalue weighted by molar-refractivity contribution is 5.85. The summed E-state index contributed by atoms with van der Waals surface area (Å²) in [6.45, 7) is 3.71. The highest BCUT2D eigenvalue weighted by atomic mass is 16.5. The number of hydrogen-bond acceptors (Lipinski definition) is 3. The van der Waals surface area contributed by atoms with E-state index in [-0.39, 0.29) is 12.0 Å². The summed E-state index contributed by atoms with van der Waals surface area (Å²) in [4.78, 5) is 11.6. The van der Waals surface area contributed by atoms with E-state index >= 15 is 0 Å². The Kier molecular flexibility index (Phi) is 4.74. The summed E-state index contributed by atoms with van der Waals surface area (Å²) in [5, 5.41) is 3.38. The number of methoxy groups -OCH3 is 1. The second kappa shape index (κ2) is 5.64. The zero-order valence-corrected chi connectivity index (χ0v) is 10.6. The average Bonchev–Trinajstić information content (AvgIpc) is 2.28. The van der Waals surface area contributed by atoms with Crippen molar-refractivity contribution in [3.05, 3.63) is 0 Å². The maximum atomic E-state index is 11.6. The third kappa shape index (κ3) is 2.95. The standard InChI is InChI=1S/C12H24N2O2/c1-9(16-3)12(2,11(13)15)14-10-7-5-4-6-8-10/h9-10,14H,4-8H2,1-3H3,(H2,13,15). The van der Waals surface area contributed by atoms with Crippen LogP contribution in [0.3, 0.4) is 0 Å². The first-order valence-electron chi connectivity index (χ1n) is 6.11. The van der Waals surface area contributed by atoms with Gasteiger partial charge in [0.1, 0.15) is 5.54 Å². The molecule has 1 amide bonds. The molecule has 0 bridgehead atoms. The van der Waals surface area contributed by atoms with Crippen LogP contribution in [-0.4, -0.2) is 30.7 Å². The molecule has 4 nitrogen and oxygen atoms in total. The molecule has 0 radical (unpaired) electrons. The van der Waals surface area contributed by atoms with Crippen LogP contribution in [0, 0.1) is 0 Å². The van der Waals surface area contributed by atoms with Crippen LogP contribution in [0.25, 0.3) is 0 Å². The van der Waals surface area contributed by atoms with Gasteiger partial charge in [0.05, 0.1) is 6.10 Å². The Hall–Kier alpha value is -0.610. The number of primary amides is 1. The Morgan fingerprint density at radius 3 is 2.44 bits per heavy atom. The predicted octanol–water partition coefficient (Wildman–Crippen LogP) is 1.19. The molecule has 4 heteroatoms. The SMILES string of the molecule is COC(C)C(C)(NC1CCCCC1)C(N)=O. The van der Waals surface area contributed by atoms with E-state index < -0.39 is 5.54 Å². The number of nitrogens with two attached hydrogens (primary N) is 1. The fraction of sp³-hybridized carbons (Fsp3) is 0.917. The molecule has 0 saturated heterocycles. The number of carbonyl (C=O) groups is 1. The molecular formula is C12H24N2O2. The molecule has 94 valence electrons. The zero-order chi connectivity index (χ0) is 12.2. The van der Waals surface area contributed by atoms with E-state index in [9.17, 15) is 4.79 Å². The molecule has 0 aromatic carbocycles. The summed E-state index contributed by atoms with van der Waals surface area (Å²) in [6, 6.07) is 0.392. The van der Waals surface area contributed by atoms with Gasteiger partial charge in [-0.2, -0.15) is 0 Å². The average molecular weight is 228 g/mol. The van der Waals surface area contributed by atoms with Crippen LogP contribution < -0.4 is 11.1 Å². The van der Waals surface area contributed by atoms with Gasteiger partial charge in [-0.05, 0) is 26.7 Å². The highest BCUT2D eigenvalue weighted by Gasteiger charge is 2.39. The lowest BCUT2D eigenvalue weighted by molar-refractivity contribution is -0.129. The van der Waals surface area contributed by atoms with E-state index in [4.69, 9.17) is 10.5 Å². The Morgan fingerprint density at radius 1 is 1.44 bits per heavy atom. The van der Waals surface area contributed by atoms with Gasteiger partial charge in [0.2, 0.25) is 5.91 Å². The van der Waals surface area contributed by atoms with Gasteiger partial charge in [-0.3, -0.25) is 10.1 Å². The normalized spacial score (nSPS) is 23.7. The molecule has 16 heavy (non-hydrogen) atoms. The van der Waals surface area contributed by atoms with E-state index in [2.05, 4.69) is 5.32 Å². The van der Waals surface area contributed by atoms with Crippen LogP contribution in [0.4, 0.5) is 0 Å². The van der Waals surface area contributed by atoms with Crippen molar-refractivity contribution in [2.75, 3.05) is 7.11 Å². The molecule has 0 aromatic rings. The summed E-state index contributed by atoms with van der Waals surface area (Å²) >= 11 is 0. The van der Waals surface area contributed by atoms with Crippen molar-refractivity contribution in [1.82, 2.24) is 5.32 Å². The van der Waals surface area contributed by atoms with Crippen molar-refractivity contribution < 1.29 is 9.53 Å². The Bertz CT molecular complexity index is 239. The molecule has 1 saturated carbocycles. The molecule has 0 aliphatic heterocycles. The van der Waals surface area contributed by atoms with E-state index in [1.807, 2.05) is 13.8 Å². The summed E-state index contributed by atoms with van der Waals surface area (Å²) in [6.07, 6.45) is 5.79. The monoisotopic (exact) mass is 228 g/mol. The van der Waals surface area contributed by atoms with Gasteiger partial charge < -0.3 is 10.5 Å². The molecule has 0 heterocycles. The van der Waals surface area contributed by atoms with Gasteiger partial charge in [-0.25, -0.2) is 0 Å². The lowest BCUT2D eigenvalue weighted by Crippen LogP contribution is -2.63. The summed E-state index contributed by atoms with van der Waals surface area (Å²) < 4.78 is 5.25. The molecule has 0 aromatic heterocycles. The third-order valence-electron chi connectivity index (χ3n) is 3.79. The Labute approximate surface area is 97.9 Å². The van der Waals surface area contributed by atoms with Crippen LogP contribution in [0.1, 0.15) is 46.0 Å². The largest absolute Gasteiger partial charge is 0.379 e. The number of ether oxygens (including phenoxy) is 1. The van der Waals surface area contributed by atoms with E-state index in [1.165, 1.54) is 19.3 Å². The highest BCUT2D eigenvalue weighted by Crippen LogP contribution is 2.22. The van der Waals surface area contributed by atoms with E-state index in [1.54, 1.807) is 7.11 Å². The van der Waals surface area contributed by atoms with Crippen LogP contribution in [0.15, 0.2) is 0 Å². The first kappa shape index (κ1) is 13.5. The number of hydrogen-bond donors (Lipinski definition) is 2. The molecule has 1 rings (SSSR count). The van der Waals surface area contributed by atoms with Crippen molar-refractivity contribution in [3.63, 3.8) is 0 Å². The maximum absolute atomic E-state index is 11.6. The zero-order valence-electron chi connectivity index (χ0n) is 10.6. The van der Waals surface area contributed by atoms with Crippen molar-refractivity contribution in [2.45, 2.75) is 63.6 Å². The van der Waals surface area contributed by atoms with Gasteiger partial charge in [-0.15, -0.1) is 0 Å². The quantitative estimate of drug-likeness (QED) is 0.743. The van der Waals surface area contributed by atoms with E-state index in [0.29, 0.717) is 6.04 Å². The number of amides is 1. The lowest BCUT2D eigenvalue weighted by Gasteiger charge is -2.37. The fourth-order valence-corrected chi connectivity index (χ4v) is 2.30. The molecule has 2 atom stereocenters. The number of carbonyl (C=O) groups excluding carboxylic acids is 1. The molecule has 1 fully saturated rings. The van der Waals surface area contributed by atoms with Gasteiger partial charge in [0, 0.05) is 13.2 Å². The predicted molar refractivity (Wildman–Crippen MR) is 64.1 cm³/mol. The van der Waals surface area contributed by atoms with Gasteiger partial charge in [0.25, 0.3) is 0 Å². The molecule has 1 aliphatic carbocycles. The van der Waals surface area contributed by atoms with Gasteiger partial charge in [-0.1, -0.05) is 19.3 Å². The maximum Gasteiger partial charge on any atom is 0.240 e. The first-order chi connectivity index (χ1) is 7.50. The van der Waals surface area contributed by atoms with Crippen LogP contribution >= 0.6 is 0 Å². The van der Waals surface area contributed by atoms with Crippen molar-refractivity contribution in [1.29, 1.82) is 0 Å². The first-order valence-corrected chi connectivity index (χ1v) is 6.11. The molecule has 3 N–H and O–H groups in total. The Morgan fingerprint density at radius 2 is 2.00 bits per heavy atom. The smallest absolute Gasteiger partial charge is 0.240 e. The summed E-state index contributed by atoms with van der Waals surface area (Å²) in [7, 11) is 1.61. The molecule has 1 aliphatic rings. The second-order valence-corrected chi connectivity index (χ2v) is 4.92. The van der Waals surface area contributed by atoms with Crippen LogP contribution in [0.2, 0.25) is 0 Å². The van der Waals surface area contributed by atoms with Crippen LogP contribution in [0.5, 0.6) is 0 Å². The van der Waals surface area contributed by atoms with Crippen LogP contribution in [-0.2, 0) is 9.53 Å². The topological polar surface area (TPSA) is 64.3 Å². The summed E-state index contributed by atoms with van der Waals surface area (Å²) in [5.41, 5.74) is 4.72. The van der Waals surface area contributed by atoms with Crippen molar-refractivity contribution in [2.24, 2.45) is 5.73 Å². The lowest BCUT2D eigenvalue weighted by atomic mass is 9.89.